The Labute approximate surface area is 177 Å². The van der Waals surface area contributed by atoms with Crippen molar-refractivity contribution in [3.8, 4) is 0 Å². The van der Waals surface area contributed by atoms with Gasteiger partial charge in [0.1, 0.15) is 12.4 Å². The molecule has 0 aliphatic carbocycles. The van der Waals surface area contributed by atoms with Gasteiger partial charge < -0.3 is 9.47 Å². The molecule has 0 spiro atoms. The van der Waals surface area contributed by atoms with Gasteiger partial charge in [0.2, 0.25) is 0 Å². The van der Waals surface area contributed by atoms with E-state index in [-0.39, 0.29) is 10.8 Å². The summed E-state index contributed by atoms with van der Waals surface area (Å²) in [6.07, 6.45) is 6.18. The first-order valence-corrected chi connectivity index (χ1v) is 10.3. The maximum absolute atomic E-state index is 5.98. The molecule has 0 saturated heterocycles. The molecular weight excluding hydrogens is 356 g/mol. The first-order valence-electron chi connectivity index (χ1n) is 10.3. The summed E-state index contributed by atoms with van der Waals surface area (Å²) in [4.78, 5) is 0. The topological polar surface area (TPSA) is 18.5 Å². The average Bonchev–Trinajstić information content (AvgIpc) is 2.66. The van der Waals surface area contributed by atoms with E-state index in [0.29, 0.717) is 13.2 Å². The van der Waals surface area contributed by atoms with Gasteiger partial charge in [-0.3, -0.25) is 0 Å². The Morgan fingerprint density at radius 2 is 1.28 bits per heavy atom. The summed E-state index contributed by atoms with van der Waals surface area (Å²) in [5.74, 6) is 0.852. The van der Waals surface area contributed by atoms with E-state index < -0.39 is 0 Å². The number of ether oxygens (including phenoxy) is 2. The molecule has 29 heavy (non-hydrogen) atoms. The highest BCUT2D eigenvalue weighted by Gasteiger charge is 2.14. The second kappa shape index (κ2) is 9.93. The van der Waals surface area contributed by atoms with Crippen molar-refractivity contribution in [2.24, 2.45) is 0 Å². The number of hydrogen-bond acceptors (Lipinski definition) is 2. The minimum atomic E-state index is 0.137. The molecule has 156 valence electrons. The van der Waals surface area contributed by atoms with Crippen molar-refractivity contribution in [2.75, 3.05) is 20.3 Å². The molecule has 0 unspecified atom stereocenters. The third-order valence-electron chi connectivity index (χ3n) is 4.89. The molecule has 2 aromatic carbocycles. The van der Waals surface area contributed by atoms with E-state index in [1.54, 1.807) is 7.11 Å². The summed E-state index contributed by atoms with van der Waals surface area (Å²) in [6.45, 7) is 14.5. The smallest absolute Gasteiger partial charge is 0.126 e. The minimum Gasteiger partial charge on any atom is -0.491 e. The van der Waals surface area contributed by atoms with Crippen molar-refractivity contribution in [2.45, 2.75) is 52.4 Å². The van der Waals surface area contributed by atoms with E-state index in [1.165, 1.54) is 16.7 Å². The predicted molar refractivity (Wildman–Crippen MR) is 125 cm³/mol. The summed E-state index contributed by atoms with van der Waals surface area (Å²) >= 11 is 0. The molecule has 0 aromatic heterocycles. The van der Waals surface area contributed by atoms with Crippen LogP contribution in [0, 0.1) is 0 Å². The molecule has 0 aliphatic heterocycles. The van der Waals surface area contributed by atoms with E-state index in [2.05, 4.69) is 96.1 Å². The summed E-state index contributed by atoms with van der Waals surface area (Å²) in [7, 11) is 1.69. The van der Waals surface area contributed by atoms with E-state index >= 15 is 0 Å². The highest BCUT2D eigenvalue weighted by atomic mass is 16.5. The van der Waals surface area contributed by atoms with Crippen LogP contribution in [0.4, 0.5) is 0 Å². The largest absolute Gasteiger partial charge is 0.491 e. The Balaban J connectivity index is 2.20. The molecule has 0 bridgehead atoms. The van der Waals surface area contributed by atoms with Crippen molar-refractivity contribution < 1.29 is 9.47 Å². The molecule has 0 radical (unpaired) electrons. The first-order chi connectivity index (χ1) is 13.6. The van der Waals surface area contributed by atoms with Gasteiger partial charge in [-0.2, -0.15) is 0 Å². The van der Waals surface area contributed by atoms with Crippen molar-refractivity contribution in [3.05, 3.63) is 82.9 Å². The second-order valence-corrected chi connectivity index (χ2v) is 9.43. The van der Waals surface area contributed by atoms with Gasteiger partial charge >= 0.3 is 0 Å². The highest BCUT2D eigenvalue weighted by molar-refractivity contribution is 5.64. The molecule has 0 heterocycles. The van der Waals surface area contributed by atoms with Gasteiger partial charge in [0.05, 0.1) is 6.61 Å². The molecule has 2 nitrogen and oxygen atoms in total. The monoisotopic (exact) mass is 392 g/mol. The van der Waals surface area contributed by atoms with E-state index in [4.69, 9.17) is 9.47 Å². The quantitative estimate of drug-likeness (QED) is 0.287. The maximum Gasteiger partial charge on any atom is 0.126 e. The zero-order valence-electron chi connectivity index (χ0n) is 19.1. The molecule has 0 saturated carbocycles. The Morgan fingerprint density at radius 3 is 1.76 bits per heavy atom. The molecule has 2 rings (SSSR count). The van der Waals surface area contributed by atoms with Crippen LogP contribution in [0.5, 0.6) is 0 Å². The van der Waals surface area contributed by atoms with E-state index in [1.807, 2.05) is 12.2 Å². The number of benzene rings is 2. The fourth-order valence-electron chi connectivity index (χ4n) is 2.94. The van der Waals surface area contributed by atoms with Crippen LogP contribution >= 0.6 is 0 Å². The number of hydrogen-bond donors (Lipinski definition) is 0. The molecular formula is C27H36O2. The molecule has 0 atom stereocenters. The standard InChI is InChI=1S/C27H36O2/c1-26(2,3)23-15-11-21(12-16-23)9-8-10-25(29-20-19-28-7)22-13-17-24(18-14-22)27(4,5)6/h8-18H,19-20H2,1-7H3/b9-8+,25-10+. The van der Waals surface area contributed by atoms with Crippen LogP contribution in [-0.4, -0.2) is 20.3 Å². The number of methoxy groups -OCH3 is 1. The lowest BCUT2D eigenvalue weighted by molar-refractivity contribution is 0.133. The zero-order valence-corrected chi connectivity index (χ0v) is 19.1. The lowest BCUT2D eigenvalue weighted by atomic mass is 9.86. The lowest BCUT2D eigenvalue weighted by Gasteiger charge is -2.19. The summed E-state index contributed by atoms with van der Waals surface area (Å²) < 4.78 is 11.1. The van der Waals surface area contributed by atoms with Gasteiger partial charge in [-0.05, 0) is 33.6 Å². The first kappa shape index (κ1) is 23.0. The van der Waals surface area contributed by atoms with Crippen LogP contribution in [0.3, 0.4) is 0 Å². The van der Waals surface area contributed by atoms with Gasteiger partial charge in [0.15, 0.2) is 0 Å². The van der Waals surface area contributed by atoms with Crippen LogP contribution in [-0.2, 0) is 20.3 Å². The predicted octanol–water partition coefficient (Wildman–Crippen LogP) is 7.00. The maximum atomic E-state index is 5.98. The Kier molecular flexibility index (Phi) is 7.87. The molecule has 0 N–H and O–H groups in total. The molecule has 0 fully saturated rings. The number of rotatable bonds is 7. The Bertz CT molecular complexity index is 811. The third kappa shape index (κ3) is 7.21. The van der Waals surface area contributed by atoms with Crippen LogP contribution < -0.4 is 0 Å². The van der Waals surface area contributed by atoms with Gasteiger partial charge in [-0.1, -0.05) is 102 Å². The van der Waals surface area contributed by atoms with Crippen molar-refractivity contribution >= 4 is 11.8 Å². The normalized spacial score (nSPS) is 13.1. The minimum absolute atomic E-state index is 0.137. The summed E-state index contributed by atoms with van der Waals surface area (Å²) in [6, 6.07) is 17.3. The molecule has 2 aromatic rings. The second-order valence-electron chi connectivity index (χ2n) is 9.43. The molecule has 0 aliphatic rings. The van der Waals surface area contributed by atoms with Crippen LogP contribution in [0.2, 0.25) is 0 Å². The molecule has 0 amide bonds. The number of allylic oxidation sites excluding steroid dienone is 2. The third-order valence-corrected chi connectivity index (χ3v) is 4.89. The van der Waals surface area contributed by atoms with Crippen molar-refractivity contribution in [1.82, 2.24) is 0 Å². The van der Waals surface area contributed by atoms with Crippen LogP contribution in [0.15, 0.2) is 60.7 Å². The SMILES string of the molecule is COCCO/C(=C/C=C/c1ccc(C(C)(C)C)cc1)c1ccc(C(C)(C)C)cc1. The Hall–Kier alpha value is -2.32. The van der Waals surface area contributed by atoms with Gasteiger partial charge in [0, 0.05) is 12.7 Å². The lowest BCUT2D eigenvalue weighted by Crippen LogP contribution is -2.10. The summed E-state index contributed by atoms with van der Waals surface area (Å²) in [5, 5.41) is 0. The van der Waals surface area contributed by atoms with Crippen LogP contribution in [0.1, 0.15) is 63.8 Å². The fraction of sp³-hybridized carbons (Fsp3) is 0.407. The van der Waals surface area contributed by atoms with Gasteiger partial charge in [-0.15, -0.1) is 0 Å². The van der Waals surface area contributed by atoms with Crippen molar-refractivity contribution in [3.63, 3.8) is 0 Å². The highest BCUT2D eigenvalue weighted by Crippen LogP contribution is 2.25. The van der Waals surface area contributed by atoms with Crippen LogP contribution in [0.25, 0.3) is 11.8 Å². The van der Waals surface area contributed by atoms with E-state index in [9.17, 15) is 0 Å². The average molecular weight is 393 g/mol. The van der Waals surface area contributed by atoms with Gasteiger partial charge in [0.25, 0.3) is 0 Å². The van der Waals surface area contributed by atoms with Gasteiger partial charge in [-0.25, -0.2) is 0 Å². The fourth-order valence-corrected chi connectivity index (χ4v) is 2.94. The van der Waals surface area contributed by atoms with Crippen molar-refractivity contribution in [1.29, 1.82) is 0 Å². The van der Waals surface area contributed by atoms with E-state index in [0.717, 1.165) is 11.3 Å². The Morgan fingerprint density at radius 1 is 0.759 bits per heavy atom. The zero-order chi connectivity index (χ0) is 21.5. The summed E-state index contributed by atoms with van der Waals surface area (Å²) in [5.41, 5.74) is 5.21. The molecule has 2 heteroatoms.